The van der Waals surface area contributed by atoms with Crippen molar-refractivity contribution in [2.24, 2.45) is 0 Å². The average Bonchev–Trinajstić information content (AvgIpc) is 3.29. The molecule has 3 aliphatic rings. The lowest BCUT2D eigenvalue weighted by Crippen LogP contribution is -2.60. The number of hydrogen-bond donors (Lipinski definition) is 1. The first-order valence-corrected chi connectivity index (χ1v) is 10.9. The summed E-state index contributed by atoms with van der Waals surface area (Å²) < 4.78 is 10.7. The van der Waals surface area contributed by atoms with Gasteiger partial charge >= 0.3 is 0 Å². The normalized spacial score (nSPS) is 19.7. The minimum absolute atomic E-state index is 0.0221. The summed E-state index contributed by atoms with van der Waals surface area (Å²) in [4.78, 5) is 41.1. The lowest BCUT2D eigenvalue weighted by atomic mass is 9.98. The van der Waals surface area contributed by atoms with Gasteiger partial charge in [0, 0.05) is 25.2 Å². The maximum absolute atomic E-state index is 12.8. The van der Waals surface area contributed by atoms with E-state index in [-0.39, 0.29) is 37.1 Å². The SMILES string of the molecule is O=C(NCc1ccc2c(c1)OCO2)c1ccc(CN2CC(=O)N3CCCC[C@@H]3C2=O)cc1. The molecule has 1 N–H and O–H groups in total. The van der Waals surface area contributed by atoms with E-state index in [1.165, 1.54) is 0 Å². The number of fused-ring (bicyclic) bond motifs is 2. The van der Waals surface area contributed by atoms with E-state index in [9.17, 15) is 14.4 Å². The third-order valence-electron chi connectivity index (χ3n) is 6.23. The third-order valence-corrected chi connectivity index (χ3v) is 6.23. The Morgan fingerprint density at radius 3 is 2.62 bits per heavy atom. The Balaban J connectivity index is 1.18. The van der Waals surface area contributed by atoms with Crippen LogP contribution < -0.4 is 14.8 Å². The summed E-state index contributed by atoms with van der Waals surface area (Å²) in [6.07, 6.45) is 2.68. The van der Waals surface area contributed by atoms with Crippen LogP contribution in [0.5, 0.6) is 11.5 Å². The quantitative estimate of drug-likeness (QED) is 0.777. The fourth-order valence-electron chi connectivity index (χ4n) is 4.48. The summed E-state index contributed by atoms with van der Waals surface area (Å²) in [6.45, 7) is 1.76. The molecule has 1 atom stereocenters. The standard InChI is InChI=1S/C24H25N3O5/c28-22-14-26(24(30)19-3-1-2-10-27(19)22)13-16-4-7-18(8-5-16)23(29)25-12-17-6-9-20-21(11-17)32-15-31-20/h4-9,11,19H,1-3,10,12-15H2,(H,25,29)/t19-/m1/s1. The number of benzene rings is 2. The molecule has 0 saturated carbocycles. The highest BCUT2D eigenvalue weighted by molar-refractivity contribution is 5.95. The maximum Gasteiger partial charge on any atom is 0.251 e. The summed E-state index contributed by atoms with van der Waals surface area (Å²) >= 11 is 0. The molecule has 3 amide bonds. The van der Waals surface area contributed by atoms with Crippen LogP contribution in [0.3, 0.4) is 0 Å². The molecule has 3 heterocycles. The molecule has 0 aliphatic carbocycles. The highest BCUT2D eigenvalue weighted by Crippen LogP contribution is 2.32. The van der Waals surface area contributed by atoms with E-state index in [1.54, 1.807) is 21.9 Å². The highest BCUT2D eigenvalue weighted by atomic mass is 16.7. The number of nitrogens with zero attached hydrogens (tertiary/aromatic N) is 2. The van der Waals surface area contributed by atoms with Gasteiger partial charge in [0.15, 0.2) is 11.5 Å². The van der Waals surface area contributed by atoms with Crippen LogP contribution in [0.4, 0.5) is 0 Å². The molecule has 166 valence electrons. The van der Waals surface area contributed by atoms with Crippen LogP contribution in [0.25, 0.3) is 0 Å². The smallest absolute Gasteiger partial charge is 0.251 e. The van der Waals surface area contributed by atoms with Crippen LogP contribution in [-0.4, -0.2) is 53.4 Å². The van der Waals surface area contributed by atoms with Crippen LogP contribution >= 0.6 is 0 Å². The summed E-state index contributed by atoms with van der Waals surface area (Å²) in [7, 11) is 0. The molecule has 3 aliphatic heterocycles. The van der Waals surface area contributed by atoms with E-state index in [0.717, 1.165) is 30.4 Å². The first-order chi connectivity index (χ1) is 15.6. The average molecular weight is 435 g/mol. The molecule has 8 heteroatoms. The number of piperazine rings is 1. The maximum atomic E-state index is 12.8. The number of hydrogen-bond acceptors (Lipinski definition) is 5. The molecule has 0 spiro atoms. The van der Waals surface area contributed by atoms with E-state index in [1.807, 2.05) is 30.3 Å². The molecular formula is C24H25N3O5. The number of rotatable bonds is 5. The van der Waals surface area contributed by atoms with Gasteiger partial charge in [-0.1, -0.05) is 18.2 Å². The van der Waals surface area contributed by atoms with Gasteiger partial charge in [-0.05, 0) is 54.7 Å². The van der Waals surface area contributed by atoms with E-state index < -0.39 is 0 Å². The molecule has 2 saturated heterocycles. The second kappa shape index (κ2) is 8.53. The van der Waals surface area contributed by atoms with Crippen LogP contribution in [0, 0.1) is 0 Å². The molecule has 8 nitrogen and oxygen atoms in total. The van der Waals surface area contributed by atoms with E-state index in [2.05, 4.69) is 5.32 Å². The van der Waals surface area contributed by atoms with E-state index in [0.29, 0.717) is 36.7 Å². The van der Waals surface area contributed by atoms with Gasteiger partial charge in [0.05, 0.1) is 0 Å². The molecule has 0 bridgehead atoms. The van der Waals surface area contributed by atoms with Gasteiger partial charge in [-0.15, -0.1) is 0 Å². The number of nitrogens with one attached hydrogen (secondary N) is 1. The number of carbonyl (C=O) groups excluding carboxylic acids is 3. The molecule has 0 unspecified atom stereocenters. The number of amides is 3. The zero-order chi connectivity index (χ0) is 22.1. The Bertz CT molecular complexity index is 1050. The Kier molecular flexibility index (Phi) is 5.43. The molecule has 2 aromatic carbocycles. The van der Waals surface area contributed by atoms with Crippen LogP contribution in [-0.2, 0) is 22.7 Å². The van der Waals surface area contributed by atoms with Crippen molar-refractivity contribution >= 4 is 17.7 Å². The first-order valence-electron chi connectivity index (χ1n) is 10.9. The Labute approximate surface area is 186 Å². The van der Waals surface area contributed by atoms with Crippen LogP contribution in [0.15, 0.2) is 42.5 Å². The molecule has 2 fully saturated rings. The summed E-state index contributed by atoms with van der Waals surface area (Å²) in [5.74, 6) is 1.25. The topological polar surface area (TPSA) is 88.2 Å². The van der Waals surface area contributed by atoms with Crippen molar-refractivity contribution in [1.82, 2.24) is 15.1 Å². The van der Waals surface area contributed by atoms with Gasteiger partial charge < -0.3 is 24.6 Å². The van der Waals surface area contributed by atoms with Crippen molar-refractivity contribution < 1.29 is 23.9 Å². The van der Waals surface area contributed by atoms with Gasteiger partial charge in [0.1, 0.15) is 12.6 Å². The first kappa shape index (κ1) is 20.4. The highest BCUT2D eigenvalue weighted by Gasteiger charge is 2.40. The second-order valence-electron chi connectivity index (χ2n) is 8.36. The van der Waals surface area contributed by atoms with Crippen molar-refractivity contribution in [3.05, 3.63) is 59.2 Å². The molecular weight excluding hydrogens is 410 g/mol. The molecule has 5 rings (SSSR count). The Morgan fingerprint density at radius 2 is 1.78 bits per heavy atom. The molecule has 0 radical (unpaired) electrons. The third kappa shape index (κ3) is 4.00. The molecule has 0 aromatic heterocycles. The summed E-state index contributed by atoms with van der Waals surface area (Å²) in [6, 6.07) is 12.4. The molecule has 2 aromatic rings. The predicted octanol–water partition coefficient (Wildman–Crippen LogP) is 2.07. The van der Waals surface area contributed by atoms with Crippen LogP contribution in [0.1, 0.15) is 40.7 Å². The van der Waals surface area contributed by atoms with Crippen LogP contribution in [0.2, 0.25) is 0 Å². The number of ether oxygens (including phenoxy) is 2. The predicted molar refractivity (Wildman–Crippen MR) is 115 cm³/mol. The van der Waals surface area contributed by atoms with Crippen molar-refractivity contribution in [2.75, 3.05) is 19.9 Å². The zero-order valence-electron chi connectivity index (χ0n) is 17.7. The van der Waals surface area contributed by atoms with E-state index >= 15 is 0 Å². The Morgan fingerprint density at radius 1 is 1.00 bits per heavy atom. The second-order valence-corrected chi connectivity index (χ2v) is 8.36. The number of carbonyl (C=O) groups is 3. The van der Waals surface area contributed by atoms with Crippen molar-refractivity contribution in [2.45, 2.75) is 38.4 Å². The monoisotopic (exact) mass is 435 g/mol. The van der Waals surface area contributed by atoms with E-state index in [4.69, 9.17) is 9.47 Å². The van der Waals surface area contributed by atoms with Gasteiger partial charge in [0.25, 0.3) is 5.91 Å². The summed E-state index contributed by atoms with van der Waals surface area (Å²) in [5.41, 5.74) is 2.35. The molecule has 32 heavy (non-hydrogen) atoms. The largest absolute Gasteiger partial charge is 0.454 e. The minimum atomic E-state index is -0.314. The van der Waals surface area contributed by atoms with Gasteiger partial charge in [-0.25, -0.2) is 0 Å². The fourth-order valence-corrected chi connectivity index (χ4v) is 4.48. The van der Waals surface area contributed by atoms with Crippen molar-refractivity contribution in [1.29, 1.82) is 0 Å². The lowest BCUT2D eigenvalue weighted by molar-refractivity contribution is -0.158. The van der Waals surface area contributed by atoms with Gasteiger partial charge in [0.2, 0.25) is 18.6 Å². The van der Waals surface area contributed by atoms with Gasteiger partial charge in [-0.3, -0.25) is 14.4 Å². The van der Waals surface area contributed by atoms with Crippen molar-refractivity contribution in [3.63, 3.8) is 0 Å². The van der Waals surface area contributed by atoms with Crippen molar-refractivity contribution in [3.8, 4) is 11.5 Å². The summed E-state index contributed by atoms with van der Waals surface area (Å²) in [5, 5.41) is 2.90. The lowest BCUT2D eigenvalue weighted by Gasteiger charge is -2.42. The zero-order valence-corrected chi connectivity index (χ0v) is 17.7. The fraction of sp³-hybridized carbons (Fsp3) is 0.375. The van der Waals surface area contributed by atoms with Gasteiger partial charge in [-0.2, -0.15) is 0 Å². The number of piperidine rings is 1. The minimum Gasteiger partial charge on any atom is -0.454 e. The Hall–Kier alpha value is -3.55.